The van der Waals surface area contributed by atoms with Gasteiger partial charge in [0, 0.05) is 30.4 Å². The molecule has 0 saturated heterocycles. The number of aromatic nitrogens is 5. The first-order chi connectivity index (χ1) is 13.0. The first-order valence-corrected chi connectivity index (χ1v) is 8.49. The van der Waals surface area contributed by atoms with Gasteiger partial charge in [0.05, 0.1) is 19.3 Å². The maximum Gasteiger partial charge on any atom is 0.346 e. The highest BCUT2D eigenvalue weighted by Crippen LogP contribution is 2.20. The minimum Gasteiger partial charge on any atom is -0.327 e. The van der Waals surface area contributed by atoms with Gasteiger partial charge in [-0.1, -0.05) is 18.2 Å². The van der Waals surface area contributed by atoms with Crippen LogP contribution < -0.4 is 11.4 Å². The Labute approximate surface area is 154 Å². The van der Waals surface area contributed by atoms with Crippen LogP contribution in [0.5, 0.6) is 0 Å². The number of hydrogen-bond acceptors (Lipinski definition) is 4. The third kappa shape index (κ3) is 4.20. The fraction of sp³-hybridized carbons (Fsp3) is 0.278. The average molecular weight is 374 g/mol. The highest BCUT2D eigenvalue weighted by molar-refractivity contribution is 5.62. The van der Waals surface area contributed by atoms with Gasteiger partial charge in [0.15, 0.2) is 0 Å². The molecule has 2 heterocycles. The van der Waals surface area contributed by atoms with Crippen molar-refractivity contribution in [3.8, 4) is 11.1 Å². The standard InChI is InChI=1S/C18H20F2N6O/c1-2-25-10-16(8-22-25)14-5-3-4-13(6-14)9-24-12-23-26(18(24)27)11-15(7-21)17(19)20/h3-6,8,10,12H,2,7,9,11,21H2,1H3. The summed E-state index contributed by atoms with van der Waals surface area (Å²) in [7, 11) is 0. The molecule has 0 saturated carbocycles. The van der Waals surface area contributed by atoms with Gasteiger partial charge in [-0.05, 0) is 24.1 Å². The molecule has 2 N–H and O–H groups in total. The van der Waals surface area contributed by atoms with E-state index in [0.717, 1.165) is 27.9 Å². The molecule has 0 atom stereocenters. The van der Waals surface area contributed by atoms with Gasteiger partial charge in [-0.15, -0.1) is 0 Å². The summed E-state index contributed by atoms with van der Waals surface area (Å²) in [5.41, 5.74) is 7.38. The van der Waals surface area contributed by atoms with Crippen LogP contribution in [0.3, 0.4) is 0 Å². The summed E-state index contributed by atoms with van der Waals surface area (Å²) in [4.78, 5) is 12.4. The second-order valence-corrected chi connectivity index (χ2v) is 6.05. The van der Waals surface area contributed by atoms with Crippen molar-refractivity contribution in [3.05, 3.63) is 70.7 Å². The van der Waals surface area contributed by atoms with E-state index in [2.05, 4.69) is 10.2 Å². The summed E-state index contributed by atoms with van der Waals surface area (Å²) < 4.78 is 29.7. The minimum absolute atomic E-state index is 0.286. The number of hydrogen-bond donors (Lipinski definition) is 1. The van der Waals surface area contributed by atoms with Crippen molar-refractivity contribution in [2.24, 2.45) is 5.73 Å². The monoisotopic (exact) mass is 374 g/mol. The molecule has 0 fully saturated rings. The van der Waals surface area contributed by atoms with Crippen LogP contribution in [0, 0.1) is 0 Å². The normalized spacial score (nSPS) is 11.0. The van der Waals surface area contributed by atoms with Gasteiger partial charge in [0.1, 0.15) is 6.33 Å². The number of nitrogens with zero attached hydrogens (tertiary/aromatic N) is 5. The second kappa shape index (κ2) is 8.09. The van der Waals surface area contributed by atoms with Crippen molar-refractivity contribution in [1.29, 1.82) is 0 Å². The first kappa shape index (κ1) is 18.7. The van der Waals surface area contributed by atoms with Crippen molar-refractivity contribution in [2.75, 3.05) is 6.54 Å². The third-order valence-electron chi connectivity index (χ3n) is 4.22. The molecule has 0 radical (unpaired) electrons. The molecule has 0 bridgehead atoms. The molecular formula is C18H20F2N6O. The zero-order valence-electron chi connectivity index (χ0n) is 14.8. The summed E-state index contributed by atoms with van der Waals surface area (Å²) in [6.07, 6.45) is 3.21. The molecule has 2 aromatic heterocycles. The molecule has 0 aliphatic rings. The van der Waals surface area contributed by atoms with Crippen LogP contribution in [0.2, 0.25) is 0 Å². The summed E-state index contributed by atoms with van der Waals surface area (Å²) >= 11 is 0. The van der Waals surface area contributed by atoms with Crippen molar-refractivity contribution in [3.63, 3.8) is 0 Å². The Balaban J connectivity index is 1.81. The summed E-state index contributed by atoms with van der Waals surface area (Å²) in [5, 5.41) is 8.17. The summed E-state index contributed by atoms with van der Waals surface area (Å²) in [6.45, 7) is 2.44. The molecule has 9 heteroatoms. The fourth-order valence-corrected chi connectivity index (χ4v) is 2.70. The van der Waals surface area contributed by atoms with Crippen molar-refractivity contribution in [2.45, 2.75) is 26.6 Å². The SMILES string of the molecule is CCn1cc(-c2cccc(Cn3cnn(CC(CN)=C(F)F)c3=O)c2)cn1. The molecular weight excluding hydrogens is 354 g/mol. The summed E-state index contributed by atoms with van der Waals surface area (Å²) in [5.74, 6) is 0. The van der Waals surface area contributed by atoms with E-state index in [9.17, 15) is 13.6 Å². The zero-order valence-corrected chi connectivity index (χ0v) is 14.8. The second-order valence-electron chi connectivity index (χ2n) is 6.05. The minimum atomic E-state index is -1.88. The van der Waals surface area contributed by atoms with E-state index in [0.29, 0.717) is 0 Å². The van der Waals surface area contributed by atoms with Crippen molar-refractivity contribution >= 4 is 0 Å². The van der Waals surface area contributed by atoms with Gasteiger partial charge in [0.25, 0.3) is 6.08 Å². The lowest BCUT2D eigenvalue weighted by Gasteiger charge is -2.05. The lowest BCUT2D eigenvalue weighted by Crippen LogP contribution is -2.27. The highest BCUT2D eigenvalue weighted by Gasteiger charge is 2.11. The number of benzene rings is 1. The van der Waals surface area contributed by atoms with Gasteiger partial charge in [-0.3, -0.25) is 9.25 Å². The van der Waals surface area contributed by atoms with E-state index >= 15 is 0 Å². The lowest BCUT2D eigenvalue weighted by atomic mass is 10.1. The Morgan fingerprint density at radius 2 is 2.04 bits per heavy atom. The van der Waals surface area contributed by atoms with Crippen LogP contribution in [0.15, 0.2) is 59.4 Å². The Hall–Kier alpha value is -3.07. The molecule has 1 aromatic carbocycles. The molecule has 0 aliphatic carbocycles. The first-order valence-electron chi connectivity index (χ1n) is 8.49. The van der Waals surface area contributed by atoms with E-state index in [1.54, 1.807) is 6.20 Å². The molecule has 0 amide bonds. The maximum atomic E-state index is 12.7. The maximum absolute atomic E-state index is 12.7. The molecule has 142 valence electrons. The summed E-state index contributed by atoms with van der Waals surface area (Å²) in [6, 6.07) is 7.73. The van der Waals surface area contributed by atoms with Crippen LogP contribution in [-0.2, 0) is 19.6 Å². The number of nitrogens with two attached hydrogens (primary N) is 1. The Morgan fingerprint density at radius 3 is 2.70 bits per heavy atom. The predicted octanol–water partition coefficient (Wildman–Crippen LogP) is 2.09. The Kier molecular flexibility index (Phi) is 5.60. The van der Waals surface area contributed by atoms with Gasteiger partial charge in [-0.25, -0.2) is 9.48 Å². The third-order valence-corrected chi connectivity index (χ3v) is 4.22. The predicted molar refractivity (Wildman–Crippen MR) is 97.2 cm³/mol. The van der Waals surface area contributed by atoms with E-state index in [1.807, 2.05) is 42.1 Å². The van der Waals surface area contributed by atoms with Gasteiger partial charge < -0.3 is 5.73 Å². The Bertz CT molecular complexity index is 1010. The molecule has 0 spiro atoms. The molecule has 7 nitrogen and oxygen atoms in total. The van der Waals surface area contributed by atoms with Crippen LogP contribution in [0.1, 0.15) is 12.5 Å². The molecule has 27 heavy (non-hydrogen) atoms. The average Bonchev–Trinajstić information content (AvgIpc) is 3.28. The van der Waals surface area contributed by atoms with E-state index in [1.165, 1.54) is 10.9 Å². The highest BCUT2D eigenvalue weighted by atomic mass is 19.3. The molecule has 3 rings (SSSR count). The van der Waals surface area contributed by atoms with Crippen LogP contribution in [0.4, 0.5) is 8.78 Å². The smallest absolute Gasteiger partial charge is 0.327 e. The Morgan fingerprint density at radius 1 is 1.22 bits per heavy atom. The molecule has 0 aliphatic heterocycles. The topological polar surface area (TPSA) is 83.7 Å². The number of rotatable bonds is 7. The molecule has 3 aromatic rings. The van der Waals surface area contributed by atoms with Gasteiger partial charge >= 0.3 is 5.69 Å². The fourth-order valence-electron chi connectivity index (χ4n) is 2.70. The van der Waals surface area contributed by atoms with E-state index < -0.39 is 11.8 Å². The lowest BCUT2D eigenvalue weighted by molar-refractivity contribution is 0.400. The van der Waals surface area contributed by atoms with Gasteiger partial charge in [-0.2, -0.15) is 19.0 Å². The van der Waals surface area contributed by atoms with Crippen molar-refractivity contribution < 1.29 is 8.78 Å². The van der Waals surface area contributed by atoms with Crippen LogP contribution >= 0.6 is 0 Å². The van der Waals surface area contributed by atoms with Crippen LogP contribution in [-0.4, -0.2) is 30.7 Å². The largest absolute Gasteiger partial charge is 0.346 e. The quantitative estimate of drug-likeness (QED) is 0.686. The van der Waals surface area contributed by atoms with Gasteiger partial charge in [0.2, 0.25) is 0 Å². The van der Waals surface area contributed by atoms with E-state index in [4.69, 9.17) is 5.73 Å². The van der Waals surface area contributed by atoms with Crippen LogP contribution in [0.25, 0.3) is 11.1 Å². The number of aryl methyl sites for hydroxylation is 1. The zero-order chi connectivity index (χ0) is 19.4. The molecule has 0 unspecified atom stereocenters. The van der Waals surface area contributed by atoms with Crippen molar-refractivity contribution in [1.82, 2.24) is 24.1 Å². The van der Waals surface area contributed by atoms with E-state index in [-0.39, 0.29) is 25.2 Å². The number of halogens is 2.